The highest BCUT2D eigenvalue weighted by Gasteiger charge is 2.33. The van der Waals surface area contributed by atoms with E-state index >= 15 is 0 Å². The van der Waals surface area contributed by atoms with Gasteiger partial charge in [-0.3, -0.25) is 0 Å². The summed E-state index contributed by atoms with van der Waals surface area (Å²) in [7, 11) is 0. The Kier molecular flexibility index (Phi) is 2.45. The zero-order valence-electron chi connectivity index (χ0n) is 9.55. The van der Waals surface area contributed by atoms with E-state index in [1.807, 2.05) is 11.6 Å². The zero-order valence-corrected chi connectivity index (χ0v) is 10.3. The van der Waals surface area contributed by atoms with Crippen LogP contribution in [0.1, 0.15) is 44.8 Å². The van der Waals surface area contributed by atoms with Gasteiger partial charge in [0.2, 0.25) is 0 Å². The molecule has 1 aliphatic carbocycles. The highest BCUT2D eigenvalue weighted by atomic mass is 35.5. The summed E-state index contributed by atoms with van der Waals surface area (Å²) in [5.41, 5.74) is 7.18. The molecule has 1 fully saturated rings. The van der Waals surface area contributed by atoms with Crippen molar-refractivity contribution >= 4 is 17.4 Å². The summed E-state index contributed by atoms with van der Waals surface area (Å²) in [4.78, 5) is 0. The monoisotopic (exact) mass is 227 g/mol. The summed E-state index contributed by atoms with van der Waals surface area (Å²) in [5, 5.41) is 5.03. The Balaban J connectivity index is 2.28. The van der Waals surface area contributed by atoms with Crippen LogP contribution in [-0.2, 0) is 0 Å². The Morgan fingerprint density at radius 1 is 1.53 bits per heavy atom. The molecule has 1 atom stereocenters. The molecule has 1 saturated carbocycles. The van der Waals surface area contributed by atoms with Crippen LogP contribution < -0.4 is 5.73 Å². The summed E-state index contributed by atoms with van der Waals surface area (Å²) >= 11 is 6.04. The minimum Gasteiger partial charge on any atom is -0.383 e. The molecule has 1 heterocycles. The highest BCUT2D eigenvalue weighted by Crippen LogP contribution is 2.44. The number of hydrogen-bond donors (Lipinski definition) is 1. The van der Waals surface area contributed by atoms with E-state index in [0.29, 0.717) is 22.3 Å². The third-order valence-electron chi connectivity index (χ3n) is 3.34. The third-order valence-corrected chi connectivity index (χ3v) is 3.80. The molecule has 0 saturated heterocycles. The Bertz CT molecular complexity index is 381. The van der Waals surface area contributed by atoms with Crippen LogP contribution in [0, 0.1) is 12.3 Å². The second-order valence-corrected chi connectivity index (χ2v) is 5.67. The lowest BCUT2D eigenvalue weighted by Crippen LogP contribution is -2.12. The van der Waals surface area contributed by atoms with Crippen LogP contribution in [0.3, 0.4) is 0 Å². The van der Waals surface area contributed by atoms with E-state index in [1.54, 1.807) is 0 Å². The third kappa shape index (κ3) is 1.85. The van der Waals surface area contributed by atoms with Crippen molar-refractivity contribution in [2.75, 3.05) is 5.73 Å². The number of halogens is 1. The molecule has 0 aromatic carbocycles. The van der Waals surface area contributed by atoms with Crippen molar-refractivity contribution in [3.63, 3.8) is 0 Å². The van der Waals surface area contributed by atoms with Gasteiger partial charge in [0.1, 0.15) is 10.8 Å². The van der Waals surface area contributed by atoms with Crippen molar-refractivity contribution in [3.8, 4) is 0 Å². The predicted molar refractivity (Wildman–Crippen MR) is 63.1 cm³/mol. The van der Waals surface area contributed by atoms with Gasteiger partial charge in [-0.25, -0.2) is 4.68 Å². The minimum absolute atomic E-state index is 0.406. The average molecular weight is 228 g/mol. The van der Waals surface area contributed by atoms with Crippen molar-refractivity contribution in [1.82, 2.24) is 9.78 Å². The number of nitrogens with zero attached hydrogens (tertiary/aromatic N) is 2. The van der Waals surface area contributed by atoms with Crippen molar-refractivity contribution in [3.05, 3.63) is 10.7 Å². The molecule has 15 heavy (non-hydrogen) atoms. The van der Waals surface area contributed by atoms with Crippen molar-refractivity contribution in [2.45, 2.75) is 46.1 Å². The van der Waals surface area contributed by atoms with Crippen LogP contribution >= 0.6 is 11.6 Å². The lowest BCUT2D eigenvalue weighted by Gasteiger charge is -2.17. The Hall–Kier alpha value is -0.700. The lowest BCUT2D eigenvalue weighted by atomic mass is 9.92. The molecule has 0 spiro atoms. The number of aryl methyl sites for hydroxylation is 1. The first-order valence-corrected chi connectivity index (χ1v) is 5.78. The number of rotatable bonds is 1. The first kappa shape index (κ1) is 10.8. The van der Waals surface area contributed by atoms with Gasteiger partial charge >= 0.3 is 0 Å². The normalized spacial score (nSPS) is 24.7. The second kappa shape index (κ2) is 3.41. The van der Waals surface area contributed by atoms with Gasteiger partial charge in [-0.1, -0.05) is 25.4 Å². The Morgan fingerprint density at radius 3 is 2.60 bits per heavy atom. The molecule has 0 aliphatic heterocycles. The van der Waals surface area contributed by atoms with Gasteiger partial charge in [0, 0.05) is 0 Å². The SMILES string of the molecule is Cc1nn(C2CCC(C)(C)C2)c(N)c1Cl. The smallest absolute Gasteiger partial charge is 0.141 e. The Labute approximate surface area is 95.6 Å². The van der Waals surface area contributed by atoms with Crippen LogP contribution in [0.25, 0.3) is 0 Å². The van der Waals surface area contributed by atoms with Gasteiger partial charge in [0.15, 0.2) is 0 Å². The van der Waals surface area contributed by atoms with Gasteiger partial charge in [-0.15, -0.1) is 0 Å². The summed E-state index contributed by atoms with van der Waals surface area (Å²) in [5.74, 6) is 0.622. The fourth-order valence-corrected chi connectivity index (χ4v) is 2.56. The molecule has 0 radical (unpaired) electrons. The van der Waals surface area contributed by atoms with E-state index in [9.17, 15) is 0 Å². The lowest BCUT2D eigenvalue weighted by molar-refractivity contribution is 0.351. The van der Waals surface area contributed by atoms with E-state index < -0.39 is 0 Å². The predicted octanol–water partition coefficient (Wildman–Crippen LogP) is 3.18. The van der Waals surface area contributed by atoms with Gasteiger partial charge in [0.05, 0.1) is 11.7 Å². The molecule has 1 aromatic rings. The molecule has 0 bridgehead atoms. The van der Waals surface area contributed by atoms with Crippen LogP contribution in [0.4, 0.5) is 5.82 Å². The molecule has 2 rings (SSSR count). The molecule has 4 heteroatoms. The molecule has 1 aromatic heterocycles. The number of anilines is 1. The molecular formula is C11H18ClN3. The largest absolute Gasteiger partial charge is 0.383 e. The summed E-state index contributed by atoms with van der Waals surface area (Å²) in [6, 6.07) is 0.422. The van der Waals surface area contributed by atoms with Crippen LogP contribution in [-0.4, -0.2) is 9.78 Å². The van der Waals surface area contributed by atoms with Gasteiger partial charge in [0.25, 0.3) is 0 Å². The van der Waals surface area contributed by atoms with E-state index in [4.69, 9.17) is 17.3 Å². The van der Waals surface area contributed by atoms with Crippen LogP contribution in [0.15, 0.2) is 0 Å². The Morgan fingerprint density at radius 2 is 2.20 bits per heavy atom. The number of nitrogens with two attached hydrogens (primary N) is 1. The van der Waals surface area contributed by atoms with Gasteiger partial charge in [-0.05, 0) is 31.6 Å². The standard InChI is InChI=1S/C11H18ClN3/c1-7-9(12)10(13)15(14-7)8-4-5-11(2,3)6-8/h8H,4-6,13H2,1-3H3. The summed E-state index contributed by atoms with van der Waals surface area (Å²) in [6.07, 6.45) is 3.51. The minimum atomic E-state index is 0.406. The maximum Gasteiger partial charge on any atom is 0.141 e. The molecule has 0 amide bonds. The van der Waals surface area contributed by atoms with E-state index in [1.165, 1.54) is 6.42 Å². The fraction of sp³-hybridized carbons (Fsp3) is 0.727. The molecular weight excluding hydrogens is 210 g/mol. The van der Waals surface area contributed by atoms with Crippen molar-refractivity contribution in [1.29, 1.82) is 0 Å². The second-order valence-electron chi connectivity index (χ2n) is 5.29. The number of aromatic nitrogens is 2. The maximum absolute atomic E-state index is 6.04. The van der Waals surface area contributed by atoms with E-state index in [-0.39, 0.29) is 0 Å². The fourth-order valence-electron chi connectivity index (χ4n) is 2.43. The molecule has 1 unspecified atom stereocenters. The number of hydrogen-bond acceptors (Lipinski definition) is 2. The van der Waals surface area contributed by atoms with Crippen molar-refractivity contribution < 1.29 is 0 Å². The molecule has 1 aliphatic rings. The van der Waals surface area contributed by atoms with Gasteiger partial charge in [-0.2, -0.15) is 5.10 Å². The first-order chi connectivity index (χ1) is 6.91. The van der Waals surface area contributed by atoms with Crippen molar-refractivity contribution in [2.24, 2.45) is 5.41 Å². The maximum atomic E-state index is 6.04. The van der Waals surface area contributed by atoms with E-state index in [0.717, 1.165) is 18.5 Å². The zero-order chi connectivity index (χ0) is 11.2. The van der Waals surface area contributed by atoms with Gasteiger partial charge < -0.3 is 5.73 Å². The van der Waals surface area contributed by atoms with Crippen LogP contribution in [0.2, 0.25) is 5.02 Å². The van der Waals surface area contributed by atoms with E-state index in [2.05, 4.69) is 18.9 Å². The molecule has 84 valence electrons. The molecule has 3 nitrogen and oxygen atoms in total. The topological polar surface area (TPSA) is 43.8 Å². The first-order valence-electron chi connectivity index (χ1n) is 5.41. The van der Waals surface area contributed by atoms with Crippen LogP contribution in [0.5, 0.6) is 0 Å². The number of nitrogen functional groups attached to an aromatic ring is 1. The average Bonchev–Trinajstić information content (AvgIpc) is 2.62. The summed E-state index contributed by atoms with van der Waals surface area (Å²) < 4.78 is 1.91. The summed E-state index contributed by atoms with van der Waals surface area (Å²) in [6.45, 7) is 6.48. The highest BCUT2D eigenvalue weighted by molar-refractivity contribution is 6.33. The molecule has 2 N–H and O–H groups in total. The quantitative estimate of drug-likeness (QED) is 0.801.